The Kier molecular flexibility index (Phi) is 6.57. The van der Waals surface area contributed by atoms with E-state index in [4.69, 9.17) is 4.74 Å². The summed E-state index contributed by atoms with van der Waals surface area (Å²) in [6.45, 7) is 12.3. The number of aromatic nitrogens is 4. The zero-order chi connectivity index (χ0) is 25.6. The van der Waals surface area contributed by atoms with Crippen molar-refractivity contribution in [2.45, 2.75) is 97.2 Å². The number of aryl methyl sites for hydroxylation is 1. The van der Waals surface area contributed by atoms with Crippen LogP contribution in [-0.2, 0) is 4.74 Å². The fraction of sp³-hybridized carbons (Fsp3) is 0.536. The van der Waals surface area contributed by atoms with Gasteiger partial charge in [0.15, 0.2) is 5.65 Å². The molecule has 8 heteroatoms. The first-order valence-corrected chi connectivity index (χ1v) is 13.9. The van der Waals surface area contributed by atoms with Gasteiger partial charge in [0, 0.05) is 23.8 Å². The molecule has 0 aromatic carbocycles. The fourth-order valence-corrected chi connectivity index (χ4v) is 6.72. The van der Waals surface area contributed by atoms with Gasteiger partial charge in [0.05, 0.1) is 15.9 Å². The van der Waals surface area contributed by atoms with Crippen molar-refractivity contribution in [1.82, 2.24) is 24.5 Å². The van der Waals surface area contributed by atoms with Crippen LogP contribution in [0.4, 0.5) is 4.79 Å². The third-order valence-corrected chi connectivity index (χ3v) is 8.11. The number of rotatable bonds is 2. The summed E-state index contributed by atoms with van der Waals surface area (Å²) in [7, 11) is 0. The second kappa shape index (κ2) is 9.54. The van der Waals surface area contributed by atoms with Gasteiger partial charge in [-0.25, -0.2) is 14.3 Å². The van der Waals surface area contributed by atoms with Crippen molar-refractivity contribution < 1.29 is 9.53 Å². The molecule has 4 aromatic rings. The van der Waals surface area contributed by atoms with E-state index in [1.165, 1.54) is 40.7 Å². The van der Waals surface area contributed by atoms with E-state index in [1.54, 1.807) is 17.7 Å². The Morgan fingerprint density at radius 2 is 1.92 bits per heavy atom. The lowest BCUT2D eigenvalue weighted by molar-refractivity contribution is 0.00783. The summed E-state index contributed by atoms with van der Waals surface area (Å²) in [5.41, 5.74) is 6.66. The zero-order valence-electron chi connectivity index (χ0n) is 22.2. The quantitative estimate of drug-likeness (QED) is 0.309. The fourth-order valence-electron chi connectivity index (χ4n) is 5.67. The predicted octanol–water partition coefficient (Wildman–Crippen LogP) is 7.31. The molecule has 2 atom stereocenters. The molecule has 0 aliphatic carbocycles. The Morgan fingerprint density at radius 1 is 1.19 bits per heavy atom. The number of hydrogen-bond donors (Lipinski definition) is 1. The van der Waals surface area contributed by atoms with Crippen molar-refractivity contribution in [1.29, 1.82) is 0 Å². The van der Waals surface area contributed by atoms with E-state index in [2.05, 4.69) is 59.5 Å². The normalized spacial score (nSPS) is 19.7. The van der Waals surface area contributed by atoms with Crippen LogP contribution >= 0.6 is 11.3 Å². The smallest absolute Gasteiger partial charge is 0.410 e. The SMILES string of the molecule is CC(C)(C)OC(=O)N1C2CCC[C@@H]1CC2.Cc1cc(-c2[nH]c3ccsc3c2C(C)C)cn2ncnc12. The van der Waals surface area contributed by atoms with Crippen LogP contribution in [0.15, 0.2) is 30.0 Å². The summed E-state index contributed by atoms with van der Waals surface area (Å²) in [5.74, 6) is 0.471. The lowest BCUT2D eigenvalue weighted by Gasteiger charge is -2.35. The summed E-state index contributed by atoms with van der Waals surface area (Å²) in [4.78, 5) is 21.8. The minimum atomic E-state index is -0.367. The van der Waals surface area contributed by atoms with Crippen LogP contribution in [0.1, 0.15) is 83.8 Å². The predicted molar refractivity (Wildman–Crippen MR) is 146 cm³/mol. The molecule has 2 aliphatic rings. The maximum atomic E-state index is 12.0. The van der Waals surface area contributed by atoms with E-state index in [9.17, 15) is 4.79 Å². The van der Waals surface area contributed by atoms with Gasteiger partial charge in [-0.3, -0.25) is 0 Å². The number of fused-ring (bicyclic) bond motifs is 4. The molecule has 1 amide bonds. The molecule has 6 rings (SSSR count). The maximum absolute atomic E-state index is 12.0. The highest BCUT2D eigenvalue weighted by Gasteiger charge is 2.41. The minimum Gasteiger partial charge on any atom is -0.444 e. The lowest BCUT2D eigenvalue weighted by atomic mass is 9.99. The number of thiophene rings is 1. The Balaban J connectivity index is 0.000000157. The van der Waals surface area contributed by atoms with Crippen molar-refractivity contribution >= 4 is 33.3 Å². The number of nitrogens with one attached hydrogen (secondary N) is 1. The van der Waals surface area contributed by atoms with Crippen molar-refractivity contribution in [2.24, 2.45) is 0 Å². The van der Waals surface area contributed by atoms with Crippen LogP contribution in [0, 0.1) is 6.92 Å². The molecule has 192 valence electrons. The molecule has 0 radical (unpaired) electrons. The first-order chi connectivity index (χ1) is 17.1. The Bertz CT molecular complexity index is 1360. The third-order valence-electron chi connectivity index (χ3n) is 7.16. The average molecular weight is 508 g/mol. The van der Waals surface area contributed by atoms with E-state index >= 15 is 0 Å². The van der Waals surface area contributed by atoms with Crippen LogP contribution in [0.25, 0.3) is 27.1 Å². The van der Waals surface area contributed by atoms with E-state index in [0.29, 0.717) is 18.0 Å². The van der Waals surface area contributed by atoms with Gasteiger partial charge < -0.3 is 14.6 Å². The molecule has 1 N–H and O–H groups in total. The van der Waals surface area contributed by atoms with Gasteiger partial charge >= 0.3 is 6.09 Å². The molecule has 0 saturated carbocycles. The van der Waals surface area contributed by atoms with Crippen LogP contribution in [0.2, 0.25) is 0 Å². The molecule has 1 unspecified atom stereocenters. The second-order valence-corrected chi connectivity index (χ2v) is 12.3. The molecule has 0 spiro atoms. The van der Waals surface area contributed by atoms with Gasteiger partial charge in [-0.1, -0.05) is 13.8 Å². The highest BCUT2D eigenvalue weighted by atomic mass is 32.1. The highest BCUT2D eigenvalue weighted by molar-refractivity contribution is 7.17. The van der Waals surface area contributed by atoms with Gasteiger partial charge in [0.25, 0.3) is 0 Å². The van der Waals surface area contributed by atoms with Crippen molar-refractivity contribution in [2.75, 3.05) is 0 Å². The first-order valence-electron chi connectivity index (χ1n) is 13.0. The van der Waals surface area contributed by atoms with Crippen LogP contribution in [0.3, 0.4) is 0 Å². The monoisotopic (exact) mass is 507 g/mol. The number of carbonyl (C=O) groups is 1. The van der Waals surface area contributed by atoms with Gasteiger partial charge in [-0.15, -0.1) is 11.3 Å². The third kappa shape index (κ3) is 4.75. The molecule has 36 heavy (non-hydrogen) atoms. The molecule has 2 saturated heterocycles. The molecular weight excluding hydrogens is 470 g/mol. The molecule has 2 fully saturated rings. The van der Waals surface area contributed by atoms with Crippen LogP contribution in [-0.4, -0.2) is 48.3 Å². The van der Waals surface area contributed by atoms with Crippen LogP contribution in [0.5, 0.6) is 0 Å². The number of pyridine rings is 1. The molecule has 2 aliphatic heterocycles. The first kappa shape index (κ1) is 24.8. The molecule has 7 nitrogen and oxygen atoms in total. The average Bonchev–Trinajstić information content (AvgIpc) is 3.55. The number of hydrogen-bond acceptors (Lipinski definition) is 5. The molecule has 4 aromatic heterocycles. The summed E-state index contributed by atoms with van der Waals surface area (Å²) < 4.78 is 8.65. The van der Waals surface area contributed by atoms with Crippen molar-refractivity contribution in [3.8, 4) is 11.3 Å². The topological polar surface area (TPSA) is 75.5 Å². The summed E-state index contributed by atoms with van der Waals surface area (Å²) >= 11 is 1.80. The molecular formula is C28H37N5O2S. The number of piperidine rings is 1. The number of ether oxygens (including phenoxy) is 1. The highest BCUT2D eigenvalue weighted by Crippen LogP contribution is 2.39. The van der Waals surface area contributed by atoms with E-state index < -0.39 is 0 Å². The minimum absolute atomic E-state index is 0.102. The lowest BCUT2D eigenvalue weighted by Crippen LogP contribution is -2.46. The molecule has 2 bridgehead atoms. The summed E-state index contributed by atoms with van der Waals surface area (Å²) in [5, 5.41) is 6.42. The number of H-pyrrole nitrogens is 1. The van der Waals surface area contributed by atoms with Gasteiger partial charge in [0.1, 0.15) is 11.9 Å². The van der Waals surface area contributed by atoms with Crippen molar-refractivity contribution in [3.63, 3.8) is 0 Å². The number of amides is 1. The number of carbonyl (C=O) groups excluding carboxylic acids is 1. The largest absolute Gasteiger partial charge is 0.444 e. The Labute approximate surface area is 216 Å². The standard InChI is InChI=1S/C16H16N4S.C12H21NO2/c1-9(2)13-14(19-12-4-5-21-15(12)13)11-6-10(3)16-17-8-18-20(16)7-11;1-12(2,3)15-11(14)13-9-5-4-6-10(13)8-7-9/h4-9,19H,1-3H3;9-10H,4-8H2,1-3H3/t;9-,10?/m.1/s1. The van der Waals surface area contributed by atoms with Gasteiger partial charge in [-0.05, 0) is 94.4 Å². The number of nitrogens with zero attached hydrogens (tertiary/aromatic N) is 4. The second-order valence-electron chi connectivity index (χ2n) is 11.4. The van der Waals surface area contributed by atoms with E-state index in [1.807, 2.05) is 30.2 Å². The summed E-state index contributed by atoms with van der Waals surface area (Å²) in [6.07, 6.45) is 9.49. The Morgan fingerprint density at radius 3 is 2.58 bits per heavy atom. The van der Waals surface area contributed by atoms with E-state index in [0.717, 1.165) is 29.6 Å². The van der Waals surface area contributed by atoms with Gasteiger partial charge in [-0.2, -0.15) is 5.10 Å². The Hall–Kier alpha value is -2.87. The molecule has 6 heterocycles. The van der Waals surface area contributed by atoms with Crippen LogP contribution < -0.4 is 0 Å². The summed E-state index contributed by atoms with van der Waals surface area (Å²) in [6, 6.07) is 5.25. The van der Waals surface area contributed by atoms with E-state index in [-0.39, 0.29) is 11.7 Å². The zero-order valence-corrected chi connectivity index (χ0v) is 23.0. The van der Waals surface area contributed by atoms with Gasteiger partial charge in [0.2, 0.25) is 0 Å². The maximum Gasteiger partial charge on any atom is 0.410 e. The number of aromatic amines is 1. The van der Waals surface area contributed by atoms with Crippen molar-refractivity contribution in [3.05, 3.63) is 41.2 Å².